The number of carboxylic acids is 1. The van der Waals surface area contributed by atoms with Gasteiger partial charge in [0.1, 0.15) is 18.1 Å². The van der Waals surface area contributed by atoms with E-state index < -0.39 is 47.9 Å². The molecule has 7 N–H and O–H groups in total. The number of carbonyl (C=O) groups excluding carboxylic acids is 3. The number of thioether (sulfide) groups is 1. The third kappa shape index (κ3) is 9.05. The molecule has 38 heavy (non-hydrogen) atoms. The van der Waals surface area contributed by atoms with Crippen molar-refractivity contribution in [3.05, 3.63) is 36.0 Å². The number of nitrogens with two attached hydrogens (primary N) is 1. The number of aromatic nitrogens is 1. The van der Waals surface area contributed by atoms with Crippen molar-refractivity contribution >= 4 is 46.4 Å². The number of amides is 3. The molecule has 0 aliphatic carbocycles. The van der Waals surface area contributed by atoms with Crippen molar-refractivity contribution in [3.8, 4) is 0 Å². The summed E-state index contributed by atoms with van der Waals surface area (Å²) in [5.74, 6) is -2.37. The predicted molar refractivity (Wildman–Crippen MR) is 151 cm³/mol. The molecule has 3 amide bonds. The van der Waals surface area contributed by atoms with Gasteiger partial charge < -0.3 is 31.8 Å². The van der Waals surface area contributed by atoms with Gasteiger partial charge in [-0.1, -0.05) is 45.9 Å². The number of para-hydroxylation sites is 1. The Bertz CT molecular complexity index is 1100. The molecular weight excluding hydrogens is 506 g/mol. The van der Waals surface area contributed by atoms with Crippen LogP contribution in [0.15, 0.2) is 30.5 Å². The van der Waals surface area contributed by atoms with Gasteiger partial charge in [-0.3, -0.25) is 14.4 Å². The molecule has 1 aromatic heterocycles. The summed E-state index contributed by atoms with van der Waals surface area (Å²) in [4.78, 5) is 54.0. The number of benzene rings is 1. The highest BCUT2D eigenvalue weighted by Crippen LogP contribution is 2.19. The lowest BCUT2D eigenvalue weighted by Gasteiger charge is -2.26. The second-order valence-electron chi connectivity index (χ2n) is 10.3. The van der Waals surface area contributed by atoms with Crippen LogP contribution in [0, 0.1) is 11.8 Å². The number of nitrogens with one attached hydrogen (secondary N) is 4. The minimum absolute atomic E-state index is 0.0756. The first-order valence-corrected chi connectivity index (χ1v) is 14.3. The number of H-pyrrole nitrogens is 1. The van der Waals surface area contributed by atoms with Gasteiger partial charge in [0.2, 0.25) is 17.7 Å². The van der Waals surface area contributed by atoms with Crippen LogP contribution in [-0.4, -0.2) is 70.0 Å². The fourth-order valence-corrected chi connectivity index (χ4v) is 4.63. The van der Waals surface area contributed by atoms with Crippen molar-refractivity contribution in [1.82, 2.24) is 20.9 Å². The number of hydrogen-bond donors (Lipinski definition) is 6. The van der Waals surface area contributed by atoms with Crippen LogP contribution < -0.4 is 21.7 Å². The zero-order valence-corrected chi connectivity index (χ0v) is 23.6. The van der Waals surface area contributed by atoms with Crippen LogP contribution in [0.1, 0.15) is 46.1 Å². The van der Waals surface area contributed by atoms with E-state index in [4.69, 9.17) is 5.73 Å². The van der Waals surface area contributed by atoms with Gasteiger partial charge in [0.15, 0.2) is 0 Å². The Hall–Kier alpha value is -3.05. The summed E-state index contributed by atoms with van der Waals surface area (Å²) in [5, 5.41) is 18.5. The Balaban J connectivity index is 2.12. The molecule has 0 radical (unpaired) electrons. The Morgan fingerprint density at radius 2 is 1.61 bits per heavy atom. The first kappa shape index (κ1) is 31.2. The third-order valence-electron chi connectivity index (χ3n) is 6.27. The van der Waals surface area contributed by atoms with Crippen LogP contribution >= 0.6 is 11.8 Å². The Morgan fingerprint density at radius 1 is 0.974 bits per heavy atom. The zero-order valence-electron chi connectivity index (χ0n) is 22.7. The van der Waals surface area contributed by atoms with E-state index in [0.29, 0.717) is 18.6 Å². The molecule has 4 atom stereocenters. The van der Waals surface area contributed by atoms with Crippen molar-refractivity contribution in [2.45, 2.75) is 71.1 Å². The van der Waals surface area contributed by atoms with Crippen LogP contribution in [0.25, 0.3) is 10.9 Å². The standard InChI is InChI=1S/C27H41N5O5S/c1-15(2)12-22(31-24(33)19(28)13-17-14-29-20-9-7-6-8-18(17)20)26(35)30-21(10-11-38-5)25(34)32-23(16(3)4)27(36)37/h6-9,14-16,19,21-23,29H,10-13,28H2,1-5H3,(H,30,35)(H,31,33)(H,32,34)(H,36,37). The Kier molecular flexibility index (Phi) is 12.1. The minimum atomic E-state index is -1.14. The monoisotopic (exact) mass is 547 g/mol. The summed E-state index contributed by atoms with van der Waals surface area (Å²) in [6, 6.07) is 3.92. The number of aromatic amines is 1. The van der Waals surface area contributed by atoms with Gasteiger partial charge in [0.05, 0.1) is 6.04 Å². The van der Waals surface area contributed by atoms with Gasteiger partial charge in [-0.25, -0.2) is 4.79 Å². The molecule has 1 heterocycles. The fourth-order valence-electron chi connectivity index (χ4n) is 4.16. The summed E-state index contributed by atoms with van der Waals surface area (Å²) >= 11 is 1.51. The first-order chi connectivity index (χ1) is 17.9. The van der Waals surface area contributed by atoms with Crippen molar-refractivity contribution in [3.63, 3.8) is 0 Å². The summed E-state index contributed by atoms with van der Waals surface area (Å²) < 4.78 is 0. The van der Waals surface area contributed by atoms with Crippen LogP contribution in [0.2, 0.25) is 0 Å². The van der Waals surface area contributed by atoms with Crippen LogP contribution in [0.5, 0.6) is 0 Å². The maximum atomic E-state index is 13.3. The van der Waals surface area contributed by atoms with Gasteiger partial charge in [0.25, 0.3) is 0 Å². The van der Waals surface area contributed by atoms with E-state index in [1.54, 1.807) is 13.8 Å². The first-order valence-electron chi connectivity index (χ1n) is 12.9. The number of carbonyl (C=O) groups is 4. The number of carboxylic acid groups (broad SMARTS) is 1. The SMILES string of the molecule is CSCCC(NC(=O)C(CC(C)C)NC(=O)C(N)Cc1c[nH]c2ccccc12)C(=O)NC(C(=O)O)C(C)C. The average molecular weight is 548 g/mol. The molecule has 0 bridgehead atoms. The van der Waals surface area contributed by atoms with E-state index in [-0.39, 0.29) is 18.3 Å². The van der Waals surface area contributed by atoms with Gasteiger partial charge in [-0.05, 0) is 54.7 Å². The van der Waals surface area contributed by atoms with E-state index in [9.17, 15) is 24.3 Å². The molecule has 0 aliphatic rings. The normalized spacial score (nSPS) is 14.6. The third-order valence-corrected chi connectivity index (χ3v) is 6.91. The molecule has 2 rings (SSSR count). The molecule has 0 saturated carbocycles. The maximum absolute atomic E-state index is 13.3. The maximum Gasteiger partial charge on any atom is 0.326 e. The fraction of sp³-hybridized carbons (Fsp3) is 0.556. The quantitative estimate of drug-likeness (QED) is 0.198. The molecule has 2 aromatic rings. The van der Waals surface area contributed by atoms with Crippen LogP contribution in [0.4, 0.5) is 0 Å². The van der Waals surface area contributed by atoms with E-state index in [1.807, 2.05) is 50.6 Å². The summed E-state index contributed by atoms with van der Waals surface area (Å²) in [6.45, 7) is 7.25. The Labute approximate surface area is 228 Å². The lowest BCUT2D eigenvalue weighted by atomic mass is 10.0. The van der Waals surface area contributed by atoms with Crippen LogP contribution in [0.3, 0.4) is 0 Å². The second kappa shape index (κ2) is 14.8. The van der Waals surface area contributed by atoms with Crippen molar-refractivity contribution in [2.75, 3.05) is 12.0 Å². The molecule has 10 nitrogen and oxygen atoms in total. The van der Waals surface area contributed by atoms with Gasteiger partial charge in [0, 0.05) is 17.1 Å². The van der Waals surface area contributed by atoms with Gasteiger partial charge in [-0.15, -0.1) is 0 Å². The average Bonchev–Trinajstić information content (AvgIpc) is 3.26. The largest absolute Gasteiger partial charge is 0.480 e. The number of aliphatic carboxylic acids is 1. The van der Waals surface area contributed by atoms with Crippen LogP contribution in [-0.2, 0) is 25.6 Å². The zero-order chi connectivity index (χ0) is 28.4. The van der Waals surface area contributed by atoms with Gasteiger partial charge in [-0.2, -0.15) is 11.8 Å². The van der Waals surface area contributed by atoms with Crippen molar-refractivity contribution in [1.29, 1.82) is 0 Å². The molecule has 210 valence electrons. The lowest BCUT2D eigenvalue weighted by Crippen LogP contribution is -2.58. The van der Waals surface area contributed by atoms with E-state index in [1.165, 1.54) is 11.8 Å². The van der Waals surface area contributed by atoms with E-state index in [0.717, 1.165) is 16.5 Å². The predicted octanol–water partition coefficient (Wildman–Crippen LogP) is 2.03. The summed E-state index contributed by atoms with van der Waals surface area (Å²) in [5.41, 5.74) is 8.08. The number of rotatable bonds is 15. The molecule has 4 unspecified atom stereocenters. The lowest BCUT2D eigenvalue weighted by molar-refractivity contribution is -0.143. The number of hydrogen-bond acceptors (Lipinski definition) is 6. The highest BCUT2D eigenvalue weighted by atomic mass is 32.2. The molecule has 0 fully saturated rings. The molecule has 0 spiro atoms. The molecular formula is C27H41N5O5S. The van der Waals surface area contributed by atoms with E-state index in [2.05, 4.69) is 20.9 Å². The highest BCUT2D eigenvalue weighted by molar-refractivity contribution is 7.98. The molecule has 11 heteroatoms. The molecule has 0 saturated heterocycles. The smallest absolute Gasteiger partial charge is 0.326 e. The van der Waals surface area contributed by atoms with Crippen molar-refractivity contribution in [2.24, 2.45) is 17.6 Å². The second-order valence-corrected chi connectivity index (χ2v) is 11.3. The minimum Gasteiger partial charge on any atom is -0.480 e. The topological polar surface area (TPSA) is 166 Å². The van der Waals surface area contributed by atoms with Crippen molar-refractivity contribution < 1.29 is 24.3 Å². The Morgan fingerprint density at radius 3 is 2.21 bits per heavy atom. The van der Waals surface area contributed by atoms with E-state index >= 15 is 0 Å². The van der Waals surface area contributed by atoms with Gasteiger partial charge >= 0.3 is 5.97 Å². The summed E-state index contributed by atoms with van der Waals surface area (Å²) in [7, 11) is 0. The summed E-state index contributed by atoms with van der Waals surface area (Å²) in [6.07, 6.45) is 4.65. The molecule has 1 aromatic carbocycles. The molecule has 0 aliphatic heterocycles. The highest BCUT2D eigenvalue weighted by Gasteiger charge is 2.31. The number of fused-ring (bicyclic) bond motifs is 1.